The second-order valence-electron chi connectivity index (χ2n) is 4.91. The summed E-state index contributed by atoms with van der Waals surface area (Å²) in [5, 5.41) is 35.0. The Morgan fingerprint density at radius 3 is 2.86 bits per heavy atom. The molecule has 2 aromatic rings. The maximum absolute atomic E-state index is 10.7. The maximum Gasteiger partial charge on any atom is 0.270 e. The Kier molecular flexibility index (Phi) is 5.09. The zero-order valence-electron chi connectivity index (χ0n) is 11.9. The van der Waals surface area contributed by atoms with Crippen molar-refractivity contribution in [2.24, 2.45) is 0 Å². The van der Waals surface area contributed by atoms with Gasteiger partial charge in [-0.25, -0.2) is 0 Å². The van der Waals surface area contributed by atoms with Gasteiger partial charge in [0.05, 0.1) is 22.3 Å². The van der Waals surface area contributed by atoms with Gasteiger partial charge in [-0.1, -0.05) is 6.07 Å². The molecule has 2 atom stereocenters. The van der Waals surface area contributed by atoms with E-state index in [9.17, 15) is 15.2 Å². The number of nitro benzene ring substituents is 1. The van der Waals surface area contributed by atoms with Crippen LogP contribution >= 0.6 is 11.3 Å². The molecular formula is C15H15N3O3S. The van der Waals surface area contributed by atoms with Crippen molar-refractivity contribution < 1.29 is 10.0 Å². The van der Waals surface area contributed by atoms with E-state index in [-0.39, 0.29) is 17.3 Å². The normalized spacial score (nSPS) is 13.1. The third kappa shape index (κ3) is 3.81. The minimum Gasteiger partial charge on any atom is -0.387 e. The summed E-state index contributed by atoms with van der Waals surface area (Å²) in [6.07, 6.45) is -0.103. The average molecular weight is 317 g/mol. The number of nitrogens with zero attached hydrogens (tertiary/aromatic N) is 2. The lowest BCUT2D eigenvalue weighted by molar-refractivity contribution is -0.384. The lowest BCUT2D eigenvalue weighted by Crippen LogP contribution is -2.19. The molecule has 1 heterocycles. The van der Waals surface area contributed by atoms with Crippen molar-refractivity contribution in [2.75, 3.05) is 5.32 Å². The summed E-state index contributed by atoms with van der Waals surface area (Å²) < 4.78 is 0. The zero-order valence-corrected chi connectivity index (χ0v) is 12.7. The van der Waals surface area contributed by atoms with Crippen LogP contribution in [-0.2, 0) is 0 Å². The van der Waals surface area contributed by atoms with E-state index in [4.69, 9.17) is 5.26 Å². The molecule has 0 saturated carbocycles. The molecule has 22 heavy (non-hydrogen) atoms. The molecule has 7 heteroatoms. The number of aliphatic hydroxyl groups excluding tert-OH is 1. The predicted octanol–water partition coefficient (Wildman–Crippen LogP) is 3.45. The van der Waals surface area contributed by atoms with Crippen LogP contribution in [0.25, 0.3) is 0 Å². The van der Waals surface area contributed by atoms with E-state index in [0.29, 0.717) is 12.1 Å². The van der Waals surface area contributed by atoms with Crippen molar-refractivity contribution >= 4 is 22.7 Å². The number of hydrogen-bond donors (Lipinski definition) is 2. The lowest BCUT2D eigenvalue weighted by Gasteiger charge is -2.19. The first-order valence-electron chi connectivity index (χ1n) is 6.67. The fraction of sp³-hybridized carbons (Fsp3) is 0.267. The van der Waals surface area contributed by atoms with Crippen LogP contribution in [0.5, 0.6) is 0 Å². The first-order chi connectivity index (χ1) is 10.5. The van der Waals surface area contributed by atoms with Gasteiger partial charge in [0.2, 0.25) is 0 Å². The van der Waals surface area contributed by atoms with Crippen molar-refractivity contribution in [1.82, 2.24) is 0 Å². The molecule has 6 nitrogen and oxygen atoms in total. The number of thiophene rings is 1. The van der Waals surface area contributed by atoms with Gasteiger partial charge in [0, 0.05) is 23.1 Å². The quantitative estimate of drug-likeness (QED) is 0.628. The molecule has 0 bridgehead atoms. The standard InChI is InChI=1S/C15H15N3O3S/c1-10(7-14(19)15-3-2-6-22-15)17-13-5-4-12(18(20)21)8-11(13)9-16/h2-6,8,10,14,17,19H,7H2,1H3. The van der Waals surface area contributed by atoms with E-state index in [2.05, 4.69) is 5.32 Å². The number of nitrogens with one attached hydrogen (secondary N) is 1. The number of rotatable bonds is 6. The summed E-state index contributed by atoms with van der Waals surface area (Å²) in [6, 6.07) is 9.72. The summed E-state index contributed by atoms with van der Waals surface area (Å²) in [4.78, 5) is 11.1. The van der Waals surface area contributed by atoms with E-state index < -0.39 is 11.0 Å². The molecule has 0 aliphatic rings. The number of non-ortho nitro benzene ring substituents is 1. The Hall–Kier alpha value is -2.43. The van der Waals surface area contributed by atoms with Crippen LogP contribution < -0.4 is 5.32 Å². The van der Waals surface area contributed by atoms with Gasteiger partial charge >= 0.3 is 0 Å². The van der Waals surface area contributed by atoms with Gasteiger partial charge in [-0.2, -0.15) is 5.26 Å². The number of nitro groups is 1. The second kappa shape index (κ2) is 7.02. The van der Waals surface area contributed by atoms with Crippen LogP contribution in [0.1, 0.15) is 29.9 Å². The van der Waals surface area contributed by atoms with Crippen LogP contribution in [0, 0.1) is 21.4 Å². The minimum atomic E-state index is -0.578. The molecule has 0 aliphatic carbocycles. The topological polar surface area (TPSA) is 99.2 Å². The van der Waals surface area contributed by atoms with Crippen LogP contribution in [0.2, 0.25) is 0 Å². The Labute approximate surface area is 131 Å². The third-order valence-electron chi connectivity index (χ3n) is 3.18. The maximum atomic E-state index is 10.7. The van der Waals surface area contributed by atoms with Crippen molar-refractivity contribution in [3.8, 4) is 6.07 Å². The van der Waals surface area contributed by atoms with Gasteiger partial charge in [-0.15, -0.1) is 11.3 Å². The van der Waals surface area contributed by atoms with Crippen molar-refractivity contribution in [3.63, 3.8) is 0 Å². The minimum absolute atomic E-state index is 0.0920. The van der Waals surface area contributed by atoms with Gasteiger partial charge in [0.15, 0.2) is 0 Å². The van der Waals surface area contributed by atoms with Crippen LogP contribution in [-0.4, -0.2) is 16.1 Å². The van der Waals surface area contributed by atoms with E-state index in [1.54, 1.807) is 0 Å². The van der Waals surface area contributed by atoms with E-state index in [1.165, 1.54) is 29.5 Å². The van der Waals surface area contributed by atoms with Gasteiger partial charge in [0.25, 0.3) is 5.69 Å². The van der Waals surface area contributed by atoms with Crippen LogP contribution in [0.4, 0.5) is 11.4 Å². The SMILES string of the molecule is CC(CC(O)c1cccs1)Nc1ccc([N+](=O)[O-])cc1C#N. The van der Waals surface area contributed by atoms with Crippen molar-refractivity contribution in [3.05, 3.63) is 56.3 Å². The summed E-state index contributed by atoms with van der Waals surface area (Å²) in [5.41, 5.74) is 0.624. The fourth-order valence-corrected chi connectivity index (χ4v) is 2.85. The van der Waals surface area contributed by atoms with Crippen molar-refractivity contribution in [1.29, 1.82) is 5.26 Å². The summed E-state index contributed by atoms with van der Waals surface area (Å²) in [6.45, 7) is 1.89. The largest absolute Gasteiger partial charge is 0.387 e. The number of nitriles is 1. The first-order valence-corrected chi connectivity index (χ1v) is 7.55. The highest BCUT2D eigenvalue weighted by molar-refractivity contribution is 7.10. The summed E-state index contributed by atoms with van der Waals surface area (Å²) in [7, 11) is 0. The molecule has 0 radical (unpaired) electrons. The summed E-state index contributed by atoms with van der Waals surface area (Å²) >= 11 is 1.49. The molecule has 0 amide bonds. The summed E-state index contributed by atoms with van der Waals surface area (Å²) in [5.74, 6) is 0. The molecule has 0 saturated heterocycles. The Bertz CT molecular complexity index is 695. The Balaban J connectivity index is 2.07. The highest BCUT2D eigenvalue weighted by atomic mass is 32.1. The highest BCUT2D eigenvalue weighted by Crippen LogP contribution is 2.26. The average Bonchev–Trinajstić information content (AvgIpc) is 3.01. The predicted molar refractivity (Wildman–Crippen MR) is 84.8 cm³/mol. The highest BCUT2D eigenvalue weighted by Gasteiger charge is 2.16. The van der Waals surface area contributed by atoms with Crippen LogP contribution in [0.3, 0.4) is 0 Å². The van der Waals surface area contributed by atoms with Gasteiger partial charge in [-0.3, -0.25) is 10.1 Å². The molecule has 1 aromatic carbocycles. The monoisotopic (exact) mass is 317 g/mol. The molecule has 0 spiro atoms. The van der Waals surface area contributed by atoms with Gasteiger partial charge < -0.3 is 10.4 Å². The first kappa shape index (κ1) is 15.9. The van der Waals surface area contributed by atoms with E-state index in [0.717, 1.165) is 4.88 Å². The third-order valence-corrected chi connectivity index (χ3v) is 4.16. The lowest BCUT2D eigenvalue weighted by atomic mass is 10.1. The number of benzene rings is 1. The molecule has 2 rings (SSSR count). The second-order valence-corrected chi connectivity index (χ2v) is 5.89. The smallest absolute Gasteiger partial charge is 0.270 e. The Morgan fingerprint density at radius 2 is 2.27 bits per heavy atom. The van der Waals surface area contributed by atoms with Gasteiger partial charge in [-0.05, 0) is 30.9 Å². The Morgan fingerprint density at radius 1 is 1.50 bits per heavy atom. The van der Waals surface area contributed by atoms with Crippen molar-refractivity contribution in [2.45, 2.75) is 25.5 Å². The molecule has 1 aromatic heterocycles. The zero-order chi connectivity index (χ0) is 16.1. The molecule has 0 fully saturated rings. The molecule has 114 valence electrons. The number of anilines is 1. The van der Waals surface area contributed by atoms with E-state index in [1.807, 2.05) is 30.5 Å². The fourth-order valence-electron chi connectivity index (χ4n) is 2.12. The molecule has 0 aliphatic heterocycles. The van der Waals surface area contributed by atoms with Gasteiger partial charge in [0.1, 0.15) is 6.07 Å². The molecule has 2 unspecified atom stereocenters. The molecule has 2 N–H and O–H groups in total. The number of hydrogen-bond acceptors (Lipinski definition) is 6. The van der Waals surface area contributed by atoms with Crippen LogP contribution in [0.15, 0.2) is 35.7 Å². The van der Waals surface area contributed by atoms with E-state index >= 15 is 0 Å². The number of aliphatic hydroxyl groups is 1. The molecular weight excluding hydrogens is 302 g/mol.